The average molecular weight is 326 g/mol. The van der Waals surface area contributed by atoms with Gasteiger partial charge in [-0.3, -0.25) is 0 Å². The van der Waals surface area contributed by atoms with Crippen LogP contribution in [-0.2, 0) is 18.8 Å². The van der Waals surface area contributed by atoms with Crippen LogP contribution in [0.15, 0.2) is 64.2 Å². The molecule has 3 rings (SSSR count). The molecular formula is C18H18N2O2S. The number of ether oxygens (including phenoxy) is 1. The lowest BCUT2D eigenvalue weighted by molar-refractivity contribution is 0.252. The van der Waals surface area contributed by atoms with E-state index in [9.17, 15) is 0 Å². The maximum absolute atomic E-state index is 5.66. The predicted molar refractivity (Wildman–Crippen MR) is 90.5 cm³/mol. The predicted octanol–water partition coefficient (Wildman–Crippen LogP) is 4.50. The van der Waals surface area contributed by atoms with Crippen LogP contribution in [0, 0.1) is 0 Å². The van der Waals surface area contributed by atoms with Crippen LogP contribution in [0.5, 0.6) is 5.75 Å². The second kappa shape index (κ2) is 7.83. The second-order valence-electron chi connectivity index (χ2n) is 5.02. The van der Waals surface area contributed by atoms with Crippen molar-refractivity contribution in [3.63, 3.8) is 0 Å². The molecule has 1 heterocycles. The Morgan fingerprint density at radius 1 is 0.957 bits per heavy atom. The molecule has 5 heteroatoms. The van der Waals surface area contributed by atoms with Crippen LogP contribution in [0.3, 0.4) is 0 Å². The molecule has 0 fully saturated rings. The number of hydrogen-bond donors (Lipinski definition) is 0. The number of hydrogen-bond acceptors (Lipinski definition) is 5. The first-order valence-corrected chi connectivity index (χ1v) is 8.53. The highest BCUT2D eigenvalue weighted by Crippen LogP contribution is 2.22. The molecule has 0 aliphatic rings. The minimum Gasteiger partial charge on any atom is -0.484 e. The van der Waals surface area contributed by atoms with Gasteiger partial charge in [-0.05, 0) is 29.7 Å². The van der Waals surface area contributed by atoms with Crippen LogP contribution in [0.2, 0.25) is 0 Å². The van der Waals surface area contributed by atoms with Crippen LogP contribution in [0.4, 0.5) is 0 Å². The quantitative estimate of drug-likeness (QED) is 0.598. The molecule has 118 valence electrons. The van der Waals surface area contributed by atoms with E-state index in [2.05, 4.69) is 41.4 Å². The van der Waals surface area contributed by atoms with Gasteiger partial charge < -0.3 is 9.15 Å². The summed E-state index contributed by atoms with van der Waals surface area (Å²) < 4.78 is 11.2. The molecule has 0 saturated heterocycles. The lowest BCUT2D eigenvalue weighted by atomic mass is 10.2. The van der Waals surface area contributed by atoms with Crippen molar-refractivity contribution in [1.82, 2.24) is 10.2 Å². The zero-order valence-corrected chi connectivity index (χ0v) is 13.8. The van der Waals surface area contributed by atoms with Crippen molar-refractivity contribution in [1.29, 1.82) is 0 Å². The monoisotopic (exact) mass is 326 g/mol. The normalized spacial score (nSPS) is 10.7. The Bertz CT molecular complexity index is 726. The van der Waals surface area contributed by atoms with Crippen molar-refractivity contribution >= 4 is 11.8 Å². The van der Waals surface area contributed by atoms with Gasteiger partial charge in [0.25, 0.3) is 11.1 Å². The lowest BCUT2D eigenvalue weighted by Gasteiger charge is -2.03. The Morgan fingerprint density at radius 3 is 2.48 bits per heavy atom. The SMILES string of the molecule is CCc1ccc(OCc2nnc(SCc3ccccc3)o2)cc1. The highest BCUT2D eigenvalue weighted by Gasteiger charge is 2.08. The largest absolute Gasteiger partial charge is 0.484 e. The van der Waals surface area contributed by atoms with Crippen molar-refractivity contribution in [2.45, 2.75) is 30.9 Å². The summed E-state index contributed by atoms with van der Waals surface area (Å²) >= 11 is 1.53. The lowest BCUT2D eigenvalue weighted by Crippen LogP contribution is -1.95. The van der Waals surface area contributed by atoms with E-state index in [0.29, 0.717) is 11.1 Å². The minimum atomic E-state index is 0.282. The molecule has 0 saturated carbocycles. The molecule has 0 N–H and O–H groups in total. The van der Waals surface area contributed by atoms with Gasteiger partial charge in [-0.25, -0.2) is 0 Å². The first-order valence-electron chi connectivity index (χ1n) is 7.54. The Balaban J connectivity index is 1.50. The molecule has 2 aromatic carbocycles. The number of nitrogens with zero attached hydrogens (tertiary/aromatic N) is 2. The van der Waals surface area contributed by atoms with Crippen molar-refractivity contribution in [2.75, 3.05) is 0 Å². The molecule has 0 aliphatic carbocycles. The van der Waals surface area contributed by atoms with Gasteiger partial charge >= 0.3 is 0 Å². The molecule has 23 heavy (non-hydrogen) atoms. The van der Waals surface area contributed by atoms with E-state index in [1.807, 2.05) is 30.3 Å². The van der Waals surface area contributed by atoms with Crippen LogP contribution >= 0.6 is 11.8 Å². The van der Waals surface area contributed by atoms with Gasteiger partial charge in [-0.1, -0.05) is 61.2 Å². The molecule has 0 amide bonds. The van der Waals surface area contributed by atoms with E-state index in [4.69, 9.17) is 9.15 Å². The summed E-state index contributed by atoms with van der Waals surface area (Å²) in [7, 11) is 0. The third-order valence-electron chi connectivity index (χ3n) is 3.35. The number of benzene rings is 2. The maximum atomic E-state index is 5.66. The molecule has 0 bridgehead atoms. The zero-order chi connectivity index (χ0) is 15.9. The third-order valence-corrected chi connectivity index (χ3v) is 4.24. The first-order chi connectivity index (χ1) is 11.3. The van der Waals surface area contributed by atoms with Crippen LogP contribution < -0.4 is 4.74 Å². The first kappa shape index (κ1) is 15.6. The Morgan fingerprint density at radius 2 is 1.74 bits per heavy atom. The molecule has 1 aromatic heterocycles. The van der Waals surface area contributed by atoms with Gasteiger partial charge in [0, 0.05) is 5.75 Å². The van der Waals surface area contributed by atoms with Gasteiger partial charge in [0.15, 0.2) is 6.61 Å². The molecule has 0 spiro atoms. The van der Waals surface area contributed by atoms with E-state index in [1.54, 1.807) is 0 Å². The number of thioether (sulfide) groups is 1. The smallest absolute Gasteiger partial charge is 0.277 e. The fourth-order valence-electron chi connectivity index (χ4n) is 2.04. The molecule has 0 radical (unpaired) electrons. The second-order valence-corrected chi connectivity index (χ2v) is 5.95. The summed E-state index contributed by atoms with van der Waals surface area (Å²) in [6.45, 7) is 2.41. The molecule has 3 aromatic rings. The van der Waals surface area contributed by atoms with Gasteiger partial charge in [0.1, 0.15) is 5.75 Å². The number of aryl methyl sites for hydroxylation is 1. The Hall–Kier alpha value is -2.27. The fraction of sp³-hybridized carbons (Fsp3) is 0.222. The van der Waals surface area contributed by atoms with Gasteiger partial charge in [-0.2, -0.15) is 0 Å². The molecule has 0 unspecified atom stereocenters. The zero-order valence-electron chi connectivity index (χ0n) is 12.9. The summed E-state index contributed by atoms with van der Waals surface area (Å²) in [5.41, 5.74) is 2.51. The van der Waals surface area contributed by atoms with Gasteiger partial charge in [-0.15, -0.1) is 10.2 Å². The Kier molecular flexibility index (Phi) is 5.32. The third kappa shape index (κ3) is 4.60. The highest BCUT2D eigenvalue weighted by molar-refractivity contribution is 7.98. The van der Waals surface area contributed by atoms with Crippen molar-refractivity contribution in [3.8, 4) is 5.75 Å². The number of aromatic nitrogens is 2. The van der Waals surface area contributed by atoms with Crippen LogP contribution in [0.1, 0.15) is 23.9 Å². The molecule has 0 aliphatic heterocycles. The minimum absolute atomic E-state index is 0.282. The van der Waals surface area contributed by atoms with E-state index in [-0.39, 0.29) is 6.61 Å². The van der Waals surface area contributed by atoms with Crippen molar-refractivity contribution in [3.05, 3.63) is 71.6 Å². The summed E-state index contributed by atoms with van der Waals surface area (Å²) in [6, 6.07) is 18.2. The molecule has 4 nitrogen and oxygen atoms in total. The summed E-state index contributed by atoms with van der Waals surface area (Å²) in [5.74, 6) is 2.10. The van der Waals surface area contributed by atoms with Gasteiger partial charge in [0.2, 0.25) is 0 Å². The average Bonchev–Trinajstić information content (AvgIpc) is 3.07. The topological polar surface area (TPSA) is 48.2 Å². The maximum Gasteiger partial charge on any atom is 0.277 e. The molecule has 0 atom stereocenters. The van der Waals surface area contributed by atoms with Gasteiger partial charge in [0.05, 0.1) is 0 Å². The van der Waals surface area contributed by atoms with Crippen molar-refractivity contribution in [2.24, 2.45) is 0 Å². The molecular weight excluding hydrogens is 308 g/mol. The summed E-state index contributed by atoms with van der Waals surface area (Å²) in [5, 5.41) is 8.62. The fourth-order valence-corrected chi connectivity index (χ4v) is 2.78. The summed E-state index contributed by atoms with van der Waals surface area (Å²) in [4.78, 5) is 0. The van der Waals surface area contributed by atoms with E-state index in [0.717, 1.165) is 17.9 Å². The highest BCUT2D eigenvalue weighted by atomic mass is 32.2. The van der Waals surface area contributed by atoms with Crippen molar-refractivity contribution < 1.29 is 9.15 Å². The van der Waals surface area contributed by atoms with Crippen LogP contribution in [0.25, 0.3) is 0 Å². The summed E-state index contributed by atoms with van der Waals surface area (Å²) in [6.07, 6.45) is 1.02. The Labute approximate surface area is 139 Å². The van der Waals surface area contributed by atoms with Crippen LogP contribution in [-0.4, -0.2) is 10.2 Å². The standard InChI is InChI=1S/C18H18N2O2S/c1-2-14-8-10-16(11-9-14)21-12-17-19-20-18(22-17)23-13-15-6-4-3-5-7-15/h3-11H,2,12-13H2,1H3. The van der Waals surface area contributed by atoms with E-state index in [1.165, 1.54) is 22.9 Å². The van der Waals surface area contributed by atoms with E-state index >= 15 is 0 Å². The number of rotatable bonds is 7. The van der Waals surface area contributed by atoms with E-state index < -0.39 is 0 Å².